The molecule has 0 aliphatic heterocycles. The highest BCUT2D eigenvalue weighted by atomic mass is 32.3. The summed E-state index contributed by atoms with van der Waals surface area (Å²) in [4.78, 5) is 0. The van der Waals surface area contributed by atoms with Crippen LogP contribution in [0.5, 0.6) is 0 Å². The van der Waals surface area contributed by atoms with Gasteiger partial charge in [0.05, 0.1) is 11.6 Å². The summed E-state index contributed by atoms with van der Waals surface area (Å²) in [6, 6.07) is 65.3. The van der Waals surface area contributed by atoms with E-state index in [1.165, 1.54) is 31.8 Å². The van der Waals surface area contributed by atoms with Crippen molar-refractivity contribution in [3.05, 3.63) is 206 Å². The molecule has 0 unspecified atom stereocenters. The van der Waals surface area contributed by atoms with Crippen molar-refractivity contribution >= 4 is 56.8 Å². The van der Waals surface area contributed by atoms with E-state index in [9.17, 15) is 0 Å². The van der Waals surface area contributed by atoms with Crippen molar-refractivity contribution in [1.29, 1.82) is 0 Å². The van der Waals surface area contributed by atoms with E-state index < -0.39 is 24.9 Å². The van der Waals surface area contributed by atoms with Gasteiger partial charge in [0.25, 0.3) is 0 Å². The summed E-state index contributed by atoms with van der Waals surface area (Å²) in [6.07, 6.45) is 4.39. The zero-order chi connectivity index (χ0) is 35.0. The van der Waals surface area contributed by atoms with E-state index in [0.717, 1.165) is 0 Å². The van der Waals surface area contributed by atoms with Crippen LogP contribution in [-0.2, 0) is 10.4 Å². The molecule has 0 aliphatic carbocycles. The molecule has 0 aromatic heterocycles. The number of hydrogen-bond acceptors (Lipinski definition) is 4. The molecule has 0 saturated heterocycles. The Morgan fingerprint density at radius 1 is 0.367 bits per heavy atom. The fourth-order valence-corrected chi connectivity index (χ4v) is 13.4. The third kappa shape index (κ3) is 9.80. The number of rotatable bonds is 8. The second-order valence-corrected chi connectivity index (χ2v) is 18.2. The van der Waals surface area contributed by atoms with Crippen LogP contribution in [0.15, 0.2) is 206 Å². The van der Waals surface area contributed by atoms with Gasteiger partial charge in [0.2, 0.25) is 0 Å². The summed E-state index contributed by atoms with van der Waals surface area (Å²) in [5.74, 6) is 4.82. The van der Waals surface area contributed by atoms with E-state index >= 15 is 0 Å². The highest BCUT2D eigenvalue weighted by Crippen LogP contribution is 2.57. The molecular weight excluding hydrogens is 662 g/mol. The lowest BCUT2D eigenvalue weighted by atomic mass is 10.4. The smallest absolute Gasteiger partial charge is 0.136 e. The summed E-state index contributed by atoms with van der Waals surface area (Å²) in [6.45, 7) is 4.23. The molecule has 248 valence electrons. The monoisotopic (exact) mass is 702 g/mol. The maximum Gasteiger partial charge on any atom is 0.136 e. The Kier molecular flexibility index (Phi) is 14.0. The predicted octanol–water partition coefficient (Wildman–Crippen LogP) is 7.69. The molecule has 0 spiro atoms. The fourth-order valence-electron chi connectivity index (χ4n) is 5.84. The summed E-state index contributed by atoms with van der Waals surface area (Å²) in [7, 11) is -8.63. The molecule has 0 radical (unpaired) electrons. The Balaban J connectivity index is 0.000000194. The van der Waals surface area contributed by atoms with E-state index in [1.807, 2.05) is 0 Å². The average Bonchev–Trinajstić information content (AvgIpc) is 3.15. The molecule has 49 heavy (non-hydrogen) atoms. The van der Waals surface area contributed by atoms with Gasteiger partial charge in [-0.3, -0.25) is 8.42 Å². The molecule has 0 amide bonds. The van der Waals surface area contributed by atoms with Crippen LogP contribution in [0.3, 0.4) is 0 Å². The molecule has 6 aromatic rings. The SMILES string of the molecule is CC=C[P+](c1ccccc1)(c1ccccc1)c1ccccc1.CC=C[P+](c1ccccc1)(c1ccccc1)c1ccccc1.O=S(=O)([O-])[O-]. The van der Waals surface area contributed by atoms with Crippen molar-refractivity contribution in [2.24, 2.45) is 0 Å². The fraction of sp³-hybridized carbons (Fsp3) is 0.0476. The minimum absolute atomic E-state index is 1.39. The number of allylic oxidation sites excluding steroid dienone is 2. The molecule has 7 heteroatoms. The van der Waals surface area contributed by atoms with Crippen LogP contribution in [0, 0.1) is 0 Å². The molecule has 0 atom stereocenters. The van der Waals surface area contributed by atoms with Crippen LogP contribution < -0.4 is 31.8 Å². The summed E-state index contributed by atoms with van der Waals surface area (Å²) in [5.41, 5.74) is 0. The lowest BCUT2D eigenvalue weighted by Crippen LogP contribution is -2.29. The summed E-state index contributed by atoms with van der Waals surface area (Å²) < 4.78 is 34.1. The van der Waals surface area contributed by atoms with E-state index in [2.05, 4.69) is 220 Å². The van der Waals surface area contributed by atoms with Crippen molar-refractivity contribution in [1.82, 2.24) is 0 Å². The van der Waals surface area contributed by atoms with Gasteiger partial charge in [-0.15, -0.1) is 0 Å². The first-order valence-electron chi connectivity index (χ1n) is 15.8. The van der Waals surface area contributed by atoms with Gasteiger partial charge in [0.15, 0.2) is 0 Å². The minimum atomic E-state index is -5.17. The van der Waals surface area contributed by atoms with Crippen LogP contribution >= 0.6 is 14.5 Å². The Bertz CT molecular complexity index is 1650. The van der Waals surface area contributed by atoms with E-state index in [-0.39, 0.29) is 0 Å². The standard InChI is InChI=1S/2C21H20P.H2O4S/c2*1-2-18-22(19-12-6-3-7-13-19,20-14-8-4-9-15-20)21-16-10-5-11-17-21;1-5(2,3)4/h2*2-18H,1H3;(H2,1,2,3,4)/q2*+1;/p-2. The molecule has 0 N–H and O–H groups in total. The van der Waals surface area contributed by atoms with Gasteiger partial charge in [-0.25, -0.2) is 0 Å². The van der Waals surface area contributed by atoms with E-state index in [1.54, 1.807) is 0 Å². The van der Waals surface area contributed by atoms with Gasteiger partial charge in [0.1, 0.15) is 46.4 Å². The summed E-state index contributed by atoms with van der Waals surface area (Å²) >= 11 is 0. The molecule has 6 rings (SSSR count). The highest BCUT2D eigenvalue weighted by molar-refractivity contribution is 7.98. The van der Waals surface area contributed by atoms with Crippen molar-refractivity contribution in [3.8, 4) is 0 Å². The Morgan fingerprint density at radius 3 is 0.633 bits per heavy atom. The van der Waals surface area contributed by atoms with Gasteiger partial charge >= 0.3 is 0 Å². The molecule has 0 bridgehead atoms. The highest BCUT2D eigenvalue weighted by Gasteiger charge is 2.43. The lowest BCUT2D eigenvalue weighted by molar-refractivity contribution is 0.352. The van der Waals surface area contributed by atoms with Crippen LogP contribution in [0.25, 0.3) is 0 Å². The molecule has 6 aromatic carbocycles. The Labute approximate surface area is 292 Å². The second-order valence-electron chi connectivity index (χ2n) is 10.8. The zero-order valence-electron chi connectivity index (χ0n) is 27.6. The first-order valence-corrected chi connectivity index (χ1v) is 20.9. The Hall–Kier alpha value is -4.47. The maximum absolute atomic E-state index is 8.52. The second kappa shape index (κ2) is 18.3. The van der Waals surface area contributed by atoms with Gasteiger partial charge in [-0.1, -0.05) is 121 Å². The van der Waals surface area contributed by atoms with Gasteiger partial charge in [-0.2, -0.15) is 0 Å². The predicted molar refractivity (Wildman–Crippen MR) is 210 cm³/mol. The van der Waals surface area contributed by atoms with Crippen LogP contribution in [0.1, 0.15) is 13.8 Å². The molecule has 4 nitrogen and oxygen atoms in total. The van der Waals surface area contributed by atoms with Crippen molar-refractivity contribution in [2.75, 3.05) is 0 Å². The topological polar surface area (TPSA) is 80.3 Å². The van der Waals surface area contributed by atoms with Crippen LogP contribution in [0.4, 0.5) is 0 Å². The quantitative estimate of drug-likeness (QED) is 0.0926. The maximum atomic E-state index is 8.52. The van der Waals surface area contributed by atoms with Gasteiger partial charge in [0, 0.05) is 10.4 Å². The van der Waals surface area contributed by atoms with Gasteiger partial charge in [-0.05, 0) is 86.6 Å². The molecular formula is C42H40O4P2S. The average molecular weight is 703 g/mol. The van der Waals surface area contributed by atoms with Crippen LogP contribution in [-0.4, -0.2) is 17.5 Å². The third-order valence-corrected chi connectivity index (χ3v) is 15.9. The van der Waals surface area contributed by atoms with Crippen molar-refractivity contribution in [2.45, 2.75) is 13.8 Å². The normalized spacial score (nSPS) is 11.7. The molecule has 0 heterocycles. The largest absolute Gasteiger partial charge is 0.759 e. The van der Waals surface area contributed by atoms with E-state index in [4.69, 9.17) is 17.5 Å². The Morgan fingerprint density at radius 2 is 0.510 bits per heavy atom. The molecule has 0 saturated carbocycles. The molecule has 0 aliphatic rings. The van der Waals surface area contributed by atoms with Crippen LogP contribution in [0.2, 0.25) is 0 Å². The lowest BCUT2D eigenvalue weighted by Gasteiger charge is -2.23. The third-order valence-electron chi connectivity index (χ3n) is 7.73. The number of benzene rings is 6. The number of hydrogen-bond donors (Lipinski definition) is 0. The first-order chi connectivity index (χ1) is 23.8. The summed E-state index contributed by atoms with van der Waals surface area (Å²) in [5, 5.41) is 8.36. The van der Waals surface area contributed by atoms with Crippen molar-refractivity contribution < 1.29 is 17.5 Å². The zero-order valence-corrected chi connectivity index (χ0v) is 30.2. The first kappa shape index (κ1) is 37.4. The molecule has 0 fully saturated rings. The van der Waals surface area contributed by atoms with Crippen molar-refractivity contribution in [3.63, 3.8) is 0 Å². The van der Waals surface area contributed by atoms with Gasteiger partial charge < -0.3 is 9.11 Å². The van der Waals surface area contributed by atoms with E-state index in [0.29, 0.717) is 0 Å². The minimum Gasteiger partial charge on any atom is -0.759 e.